The summed E-state index contributed by atoms with van der Waals surface area (Å²) >= 11 is 1.91. The quantitative estimate of drug-likeness (QED) is 0.276. The number of nitrogens with zero attached hydrogens (tertiary/aromatic N) is 1. The zero-order valence-electron chi connectivity index (χ0n) is 16.5. The van der Waals surface area contributed by atoms with Gasteiger partial charge in [0, 0.05) is 26.0 Å². The van der Waals surface area contributed by atoms with Crippen molar-refractivity contribution in [2.24, 2.45) is 11.8 Å². The summed E-state index contributed by atoms with van der Waals surface area (Å²) in [4.78, 5) is 11.3. The Hall–Kier alpha value is -0.300. The first-order valence-electron chi connectivity index (χ1n) is 10.4. The molecule has 2 bridgehead atoms. The average molecular weight is 388 g/mol. The largest absolute Gasteiger partial charge is 0.381 e. The molecule has 26 heavy (non-hydrogen) atoms. The lowest BCUT2D eigenvalue weighted by Gasteiger charge is -2.27. The highest BCUT2D eigenvalue weighted by atomic mass is 32.2. The van der Waals surface area contributed by atoms with E-state index in [0.717, 1.165) is 31.1 Å². The topological polar surface area (TPSA) is 59.0 Å². The lowest BCUT2D eigenvalue weighted by molar-refractivity contribution is -0.159. The fourth-order valence-corrected chi connectivity index (χ4v) is 5.15. The van der Waals surface area contributed by atoms with Crippen LogP contribution in [0.15, 0.2) is 0 Å². The number of carbonyl (C=O) groups excluding carboxylic acids is 1. The molecule has 0 radical (unpaired) electrons. The highest BCUT2D eigenvalue weighted by Crippen LogP contribution is 2.45. The number of unbranched alkanes of at least 4 members (excludes halogenated alkanes) is 3. The van der Waals surface area contributed by atoms with Crippen LogP contribution in [0, 0.1) is 11.8 Å². The van der Waals surface area contributed by atoms with Gasteiger partial charge >= 0.3 is 0 Å². The Balaban J connectivity index is 1.58. The van der Waals surface area contributed by atoms with Crippen LogP contribution in [0.2, 0.25) is 0 Å². The third kappa shape index (κ3) is 7.02. The van der Waals surface area contributed by atoms with Gasteiger partial charge in [-0.15, -0.1) is 0 Å². The minimum Gasteiger partial charge on any atom is -0.381 e. The van der Waals surface area contributed by atoms with Crippen molar-refractivity contribution in [1.29, 1.82) is 0 Å². The highest BCUT2D eigenvalue weighted by Gasteiger charge is 2.48. The molecule has 4 unspecified atom stereocenters. The van der Waals surface area contributed by atoms with Crippen LogP contribution >= 0.6 is 11.8 Å². The van der Waals surface area contributed by atoms with E-state index in [1.807, 2.05) is 11.8 Å². The Morgan fingerprint density at radius 1 is 1.15 bits per heavy atom. The summed E-state index contributed by atoms with van der Waals surface area (Å²) in [6.45, 7) is 3.99. The second kappa shape index (κ2) is 12.2. The fourth-order valence-electron chi connectivity index (χ4n) is 4.16. The van der Waals surface area contributed by atoms with Crippen molar-refractivity contribution in [2.45, 2.75) is 76.9 Å². The maximum atomic E-state index is 11.3. The van der Waals surface area contributed by atoms with Crippen molar-refractivity contribution in [3.63, 3.8) is 0 Å². The second-order valence-electron chi connectivity index (χ2n) is 7.68. The summed E-state index contributed by atoms with van der Waals surface area (Å²) in [6, 6.07) is 0. The SMILES string of the molecule is CCCCCCOCC1C2CCC(O2)C1CCSCCCC(=O)N(C)O. The second-order valence-corrected chi connectivity index (χ2v) is 8.90. The number of rotatable bonds is 14. The third-order valence-corrected chi connectivity index (χ3v) is 6.78. The molecule has 1 N–H and O–H groups in total. The van der Waals surface area contributed by atoms with Gasteiger partial charge in [-0.05, 0) is 49.5 Å². The molecule has 0 aromatic carbocycles. The van der Waals surface area contributed by atoms with Crippen molar-refractivity contribution >= 4 is 17.7 Å². The maximum absolute atomic E-state index is 11.3. The molecule has 2 saturated heterocycles. The average Bonchev–Trinajstić information content (AvgIpc) is 3.22. The van der Waals surface area contributed by atoms with Gasteiger partial charge in [0.15, 0.2) is 0 Å². The Bertz CT molecular complexity index is 407. The van der Waals surface area contributed by atoms with Crippen molar-refractivity contribution in [1.82, 2.24) is 5.06 Å². The normalized spacial score (nSPS) is 27.2. The minimum absolute atomic E-state index is 0.205. The molecule has 0 aromatic rings. The molecule has 0 aliphatic carbocycles. The molecule has 0 spiro atoms. The monoisotopic (exact) mass is 387 g/mol. The minimum atomic E-state index is -0.205. The smallest absolute Gasteiger partial charge is 0.245 e. The van der Waals surface area contributed by atoms with E-state index in [9.17, 15) is 4.79 Å². The van der Waals surface area contributed by atoms with E-state index >= 15 is 0 Å². The first kappa shape index (κ1) is 22.0. The third-order valence-electron chi connectivity index (χ3n) is 5.68. The molecule has 152 valence electrons. The van der Waals surface area contributed by atoms with E-state index in [-0.39, 0.29) is 5.91 Å². The standard InChI is InChI=1S/C20H37NO4S/c1-3-4-5-6-12-24-15-17-16(18-9-10-19(17)25-18)11-14-26-13-7-8-20(22)21(2)23/h16-19,23H,3-15H2,1-2H3. The van der Waals surface area contributed by atoms with Gasteiger partial charge in [0.25, 0.3) is 0 Å². The predicted molar refractivity (Wildman–Crippen MR) is 106 cm³/mol. The molecule has 2 aliphatic rings. The molecule has 0 saturated carbocycles. The maximum Gasteiger partial charge on any atom is 0.245 e. The highest BCUT2D eigenvalue weighted by molar-refractivity contribution is 7.99. The zero-order chi connectivity index (χ0) is 18.8. The Labute approximate surface area is 163 Å². The van der Waals surface area contributed by atoms with Crippen LogP contribution in [0.25, 0.3) is 0 Å². The number of amides is 1. The van der Waals surface area contributed by atoms with Gasteiger partial charge in [0.1, 0.15) is 0 Å². The van der Waals surface area contributed by atoms with Gasteiger partial charge in [-0.25, -0.2) is 5.06 Å². The van der Waals surface area contributed by atoms with Crippen LogP contribution in [0.3, 0.4) is 0 Å². The van der Waals surface area contributed by atoms with Crippen LogP contribution in [0.4, 0.5) is 0 Å². The summed E-state index contributed by atoms with van der Waals surface area (Å²) in [5.41, 5.74) is 0. The Morgan fingerprint density at radius 3 is 2.65 bits per heavy atom. The van der Waals surface area contributed by atoms with Crippen LogP contribution < -0.4 is 0 Å². The Kier molecular flexibility index (Phi) is 10.3. The summed E-state index contributed by atoms with van der Waals surface area (Å²) in [5.74, 6) is 3.10. The Morgan fingerprint density at radius 2 is 1.92 bits per heavy atom. The zero-order valence-corrected chi connectivity index (χ0v) is 17.3. The van der Waals surface area contributed by atoms with Crippen LogP contribution in [0.1, 0.15) is 64.7 Å². The van der Waals surface area contributed by atoms with Gasteiger partial charge < -0.3 is 9.47 Å². The van der Waals surface area contributed by atoms with E-state index in [1.165, 1.54) is 52.0 Å². The number of hydrogen-bond acceptors (Lipinski definition) is 5. The predicted octanol–water partition coefficient (Wildman–Crippen LogP) is 4.13. The van der Waals surface area contributed by atoms with Gasteiger partial charge in [0.05, 0.1) is 18.8 Å². The molecule has 6 heteroatoms. The lowest BCUT2D eigenvalue weighted by Crippen LogP contribution is -2.31. The van der Waals surface area contributed by atoms with E-state index in [0.29, 0.717) is 35.5 Å². The number of ether oxygens (including phenoxy) is 2. The molecule has 2 aliphatic heterocycles. The van der Waals surface area contributed by atoms with Crippen molar-refractivity contribution in [2.75, 3.05) is 31.8 Å². The summed E-state index contributed by atoms with van der Waals surface area (Å²) < 4.78 is 12.1. The van der Waals surface area contributed by atoms with Crippen molar-refractivity contribution in [3.8, 4) is 0 Å². The van der Waals surface area contributed by atoms with E-state index in [4.69, 9.17) is 14.7 Å². The summed E-state index contributed by atoms with van der Waals surface area (Å²) in [7, 11) is 1.39. The summed E-state index contributed by atoms with van der Waals surface area (Å²) in [6.07, 6.45) is 10.7. The van der Waals surface area contributed by atoms with E-state index in [1.54, 1.807) is 0 Å². The first-order valence-corrected chi connectivity index (χ1v) is 11.5. The molecular weight excluding hydrogens is 350 g/mol. The summed E-state index contributed by atoms with van der Waals surface area (Å²) in [5, 5.41) is 9.72. The molecule has 2 heterocycles. The van der Waals surface area contributed by atoms with Gasteiger partial charge in [0.2, 0.25) is 5.91 Å². The number of thioether (sulfide) groups is 1. The number of hydrogen-bond donors (Lipinski definition) is 1. The fraction of sp³-hybridized carbons (Fsp3) is 0.950. The molecule has 2 rings (SSSR count). The van der Waals surface area contributed by atoms with Crippen LogP contribution in [0.5, 0.6) is 0 Å². The van der Waals surface area contributed by atoms with E-state index < -0.39 is 0 Å². The molecular formula is C20H37NO4S. The van der Waals surface area contributed by atoms with Crippen molar-refractivity contribution in [3.05, 3.63) is 0 Å². The molecule has 5 nitrogen and oxygen atoms in total. The van der Waals surface area contributed by atoms with Crippen LogP contribution in [-0.4, -0.2) is 60.2 Å². The molecule has 1 amide bonds. The van der Waals surface area contributed by atoms with Gasteiger partial charge in [-0.2, -0.15) is 11.8 Å². The first-order chi connectivity index (χ1) is 12.6. The molecule has 4 atom stereocenters. The van der Waals surface area contributed by atoms with Crippen molar-refractivity contribution < 1.29 is 19.5 Å². The number of hydroxylamine groups is 2. The number of carbonyl (C=O) groups is 1. The van der Waals surface area contributed by atoms with Crippen LogP contribution in [-0.2, 0) is 14.3 Å². The van der Waals surface area contributed by atoms with Gasteiger partial charge in [-0.3, -0.25) is 10.0 Å². The molecule has 2 fully saturated rings. The lowest BCUT2D eigenvalue weighted by atomic mass is 9.78. The molecule has 0 aromatic heterocycles. The number of fused-ring (bicyclic) bond motifs is 2. The van der Waals surface area contributed by atoms with E-state index in [2.05, 4.69) is 6.92 Å². The van der Waals surface area contributed by atoms with Gasteiger partial charge in [-0.1, -0.05) is 26.2 Å².